The molecule has 0 radical (unpaired) electrons. The smallest absolute Gasteiger partial charge is 0.358 e. The summed E-state index contributed by atoms with van der Waals surface area (Å²) in [4.78, 5) is 10.9. The Labute approximate surface area is 109 Å². The van der Waals surface area contributed by atoms with Gasteiger partial charge in [-0.2, -0.15) is 0 Å². The third kappa shape index (κ3) is 2.78. The van der Waals surface area contributed by atoms with E-state index in [2.05, 4.69) is 10.3 Å². The molecule has 0 amide bonds. The molecule has 100 valence electrons. The number of carbonyl (C=O) groups is 1. The van der Waals surface area contributed by atoms with Gasteiger partial charge in [-0.15, -0.1) is 5.10 Å². The van der Waals surface area contributed by atoms with Crippen molar-refractivity contribution < 1.29 is 15.0 Å². The standard InChI is InChI=1S/C12H14N4O3/c13-6-9-11(12(18)19)14-15-16(9)7-10(17)8-4-2-1-3-5-8/h1-5,10,17H,6-7,13H2,(H,18,19). The number of nitrogens with zero attached hydrogens (tertiary/aromatic N) is 3. The fraction of sp³-hybridized carbons (Fsp3) is 0.250. The summed E-state index contributed by atoms with van der Waals surface area (Å²) in [7, 11) is 0. The van der Waals surface area contributed by atoms with Crippen molar-refractivity contribution in [3.63, 3.8) is 0 Å². The van der Waals surface area contributed by atoms with Crippen molar-refractivity contribution in [1.82, 2.24) is 15.0 Å². The number of aromatic carboxylic acids is 1. The van der Waals surface area contributed by atoms with Crippen LogP contribution in [0.25, 0.3) is 0 Å². The maximum absolute atomic E-state index is 10.9. The van der Waals surface area contributed by atoms with E-state index in [0.717, 1.165) is 5.56 Å². The molecular formula is C12H14N4O3. The van der Waals surface area contributed by atoms with Crippen molar-refractivity contribution >= 4 is 5.97 Å². The van der Waals surface area contributed by atoms with Crippen LogP contribution < -0.4 is 5.73 Å². The summed E-state index contributed by atoms with van der Waals surface area (Å²) >= 11 is 0. The number of hydrogen-bond donors (Lipinski definition) is 3. The largest absolute Gasteiger partial charge is 0.476 e. The monoisotopic (exact) mass is 262 g/mol. The molecule has 0 saturated heterocycles. The quantitative estimate of drug-likeness (QED) is 0.707. The van der Waals surface area contributed by atoms with E-state index < -0.39 is 12.1 Å². The van der Waals surface area contributed by atoms with Crippen LogP contribution in [-0.2, 0) is 13.1 Å². The first-order chi connectivity index (χ1) is 9.13. The Hall–Kier alpha value is -2.25. The van der Waals surface area contributed by atoms with Gasteiger partial charge in [-0.25, -0.2) is 9.48 Å². The molecule has 1 heterocycles. The Morgan fingerprint density at radius 1 is 1.37 bits per heavy atom. The number of nitrogens with two attached hydrogens (primary N) is 1. The number of hydrogen-bond acceptors (Lipinski definition) is 5. The van der Waals surface area contributed by atoms with Crippen LogP contribution in [0.4, 0.5) is 0 Å². The number of rotatable bonds is 5. The molecule has 1 atom stereocenters. The minimum Gasteiger partial charge on any atom is -0.476 e. The summed E-state index contributed by atoms with van der Waals surface area (Å²) in [5.74, 6) is -1.18. The molecule has 1 aromatic carbocycles. The molecule has 0 fully saturated rings. The maximum Gasteiger partial charge on any atom is 0.358 e. The van der Waals surface area contributed by atoms with Crippen LogP contribution in [-0.4, -0.2) is 31.2 Å². The van der Waals surface area contributed by atoms with Crippen LogP contribution in [0.3, 0.4) is 0 Å². The lowest BCUT2D eigenvalue weighted by atomic mass is 10.1. The Morgan fingerprint density at radius 3 is 2.63 bits per heavy atom. The first kappa shape index (κ1) is 13.2. The zero-order chi connectivity index (χ0) is 13.8. The first-order valence-electron chi connectivity index (χ1n) is 5.72. The van der Waals surface area contributed by atoms with Gasteiger partial charge in [0.2, 0.25) is 0 Å². The van der Waals surface area contributed by atoms with Crippen molar-refractivity contribution in [2.75, 3.05) is 0 Å². The third-order valence-corrected chi connectivity index (χ3v) is 2.76. The number of carboxylic acid groups (broad SMARTS) is 1. The molecule has 4 N–H and O–H groups in total. The van der Waals surface area contributed by atoms with Gasteiger partial charge in [0.15, 0.2) is 5.69 Å². The Bertz CT molecular complexity index is 568. The molecule has 19 heavy (non-hydrogen) atoms. The molecule has 0 aliphatic heterocycles. The van der Waals surface area contributed by atoms with Crippen molar-refractivity contribution in [3.8, 4) is 0 Å². The molecule has 1 unspecified atom stereocenters. The minimum atomic E-state index is -1.18. The number of aliphatic hydroxyl groups excluding tert-OH is 1. The van der Waals surface area contributed by atoms with E-state index in [9.17, 15) is 9.90 Å². The van der Waals surface area contributed by atoms with Crippen LogP contribution >= 0.6 is 0 Å². The van der Waals surface area contributed by atoms with E-state index in [1.54, 1.807) is 12.1 Å². The first-order valence-corrected chi connectivity index (χ1v) is 5.72. The zero-order valence-corrected chi connectivity index (χ0v) is 10.1. The topological polar surface area (TPSA) is 114 Å². The second-order valence-electron chi connectivity index (χ2n) is 4.00. The average Bonchev–Trinajstić information content (AvgIpc) is 2.82. The summed E-state index contributed by atoms with van der Waals surface area (Å²) in [6, 6.07) is 9.03. The number of aliphatic hydroxyl groups is 1. The number of aromatic nitrogens is 3. The molecule has 0 spiro atoms. The zero-order valence-electron chi connectivity index (χ0n) is 10.1. The highest BCUT2D eigenvalue weighted by molar-refractivity contribution is 5.86. The van der Waals surface area contributed by atoms with Gasteiger partial charge in [0.25, 0.3) is 0 Å². The van der Waals surface area contributed by atoms with E-state index in [1.807, 2.05) is 18.2 Å². The van der Waals surface area contributed by atoms with E-state index in [0.29, 0.717) is 5.69 Å². The lowest BCUT2D eigenvalue weighted by Gasteiger charge is -2.12. The molecule has 0 saturated carbocycles. The fourth-order valence-electron chi connectivity index (χ4n) is 1.79. The van der Waals surface area contributed by atoms with Gasteiger partial charge < -0.3 is 15.9 Å². The second kappa shape index (κ2) is 5.59. The molecule has 2 rings (SSSR count). The van der Waals surface area contributed by atoms with Gasteiger partial charge in [0, 0.05) is 6.54 Å². The van der Waals surface area contributed by atoms with E-state index in [1.165, 1.54) is 4.68 Å². The van der Waals surface area contributed by atoms with Gasteiger partial charge >= 0.3 is 5.97 Å². The van der Waals surface area contributed by atoms with Crippen LogP contribution in [0, 0.1) is 0 Å². The number of carboxylic acids is 1. The average molecular weight is 262 g/mol. The summed E-state index contributed by atoms with van der Waals surface area (Å²) in [5.41, 5.74) is 6.34. The van der Waals surface area contributed by atoms with Gasteiger partial charge in [-0.3, -0.25) is 0 Å². The van der Waals surface area contributed by atoms with Gasteiger partial charge in [0.1, 0.15) is 0 Å². The molecule has 7 nitrogen and oxygen atoms in total. The van der Waals surface area contributed by atoms with Crippen LogP contribution in [0.5, 0.6) is 0 Å². The van der Waals surface area contributed by atoms with Crippen LogP contribution in [0.15, 0.2) is 30.3 Å². The summed E-state index contributed by atoms with van der Waals surface area (Å²) in [6.07, 6.45) is -0.796. The molecule has 0 aliphatic rings. The second-order valence-corrected chi connectivity index (χ2v) is 4.00. The Kier molecular flexibility index (Phi) is 3.88. The van der Waals surface area contributed by atoms with E-state index >= 15 is 0 Å². The van der Waals surface area contributed by atoms with E-state index in [4.69, 9.17) is 10.8 Å². The summed E-state index contributed by atoms with van der Waals surface area (Å²) < 4.78 is 1.32. The molecule has 0 bridgehead atoms. The summed E-state index contributed by atoms with van der Waals surface area (Å²) in [5, 5.41) is 26.3. The van der Waals surface area contributed by atoms with Crippen molar-refractivity contribution in [2.24, 2.45) is 5.73 Å². The lowest BCUT2D eigenvalue weighted by Crippen LogP contribution is -2.16. The maximum atomic E-state index is 10.9. The number of benzene rings is 1. The van der Waals surface area contributed by atoms with E-state index in [-0.39, 0.29) is 18.8 Å². The van der Waals surface area contributed by atoms with Crippen molar-refractivity contribution in [2.45, 2.75) is 19.2 Å². The molecule has 7 heteroatoms. The SMILES string of the molecule is NCc1c(C(=O)O)nnn1CC(O)c1ccccc1. The van der Waals surface area contributed by atoms with Crippen molar-refractivity contribution in [1.29, 1.82) is 0 Å². The third-order valence-electron chi connectivity index (χ3n) is 2.76. The minimum absolute atomic E-state index is 0.00383. The highest BCUT2D eigenvalue weighted by Gasteiger charge is 2.19. The predicted octanol–water partition coefficient (Wildman–Crippen LogP) is 0.169. The molecular weight excluding hydrogens is 248 g/mol. The highest BCUT2D eigenvalue weighted by atomic mass is 16.4. The van der Waals surface area contributed by atoms with Gasteiger partial charge in [-0.05, 0) is 5.56 Å². The molecule has 0 aliphatic carbocycles. The molecule has 1 aromatic heterocycles. The molecule has 2 aromatic rings. The Morgan fingerprint density at radius 2 is 2.05 bits per heavy atom. The Balaban J connectivity index is 2.22. The normalized spacial score (nSPS) is 12.3. The predicted molar refractivity (Wildman–Crippen MR) is 66.3 cm³/mol. The van der Waals surface area contributed by atoms with Crippen LogP contribution in [0.1, 0.15) is 27.8 Å². The summed E-state index contributed by atoms with van der Waals surface area (Å²) in [6.45, 7) is 0.104. The van der Waals surface area contributed by atoms with Crippen LogP contribution in [0.2, 0.25) is 0 Å². The highest BCUT2D eigenvalue weighted by Crippen LogP contribution is 2.15. The van der Waals surface area contributed by atoms with Crippen molar-refractivity contribution in [3.05, 3.63) is 47.3 Å². The fourth-order valence-corrected chi connectivity index (χ4v) is 1.79. The lowest BCUT2D eigenvalue weighted by molar-refractivity contribution is 0.0688. The van der Waals surface area contributed by atoms with Gasteiger partial charge in [-0.1, -0.05) is 35.5 Å². The van der Waals surface area contributed by atoms with Gasteiger partial charge in [0.05, 0.1) is 18.3 Å².